The Kier molecular flexibility index (Phi) is 2.30. The quantitative estimate of drug-likeness (QED) is 0.708. The van der Waals surface area contributed by atoms with E-state index in [9.17, 15) is 0 Å². The molecule has 0 saturated carbocycles. The summed E-state index contributed by atoms with van der Waals surface area (Å²) in [6, 6.07) is 9.98. The lowest BCUT2D eigenvalue weighted by atomic mass is 10.2. The maximum absolute atomic E-state index is 5.65. The summed E-state index contributed by atoms with van der Waals surface area (Å²) >= 11 is 0. The van der Waals surface area contributed by atoms with Crippen molar-refractivity contribution in [1.82, 2.24) is 14.5 Å². The molecule has 18 heavy (non-hydrogen) atoms. The minimum Gasteiger partial charge on any atom is -0.397 e. The first-order valence-electron chi connectivity index (χ1n) is 5.80. The van der Waals surface area contributed by atoms with Crippen LogP contribution in [0.1, 0.15) is 5.56 Å². The fourth-order valence-electron chi connectivity index (χ4n) is 2.08. The first-order chi connectivity index (χ1) is 8.65. The number of fused-ring (bicyclic) bond motifs is 1. The Balaban J connectivity index is 2.23. The van der Waals surface area contributed by atoms with Gasteiger partial charge >= 0.3 is 0 Å². The number of aryl methyl sites for hydroxylation is 2. The highest BCUT2D eigenvalue weighted by molar-refractivity contribution is 5.80. The predicted octanol–water partition coefficient (Wildman–Crippen LogP) is 2.53. The Morgan fingerprint density at radius 1 is 1.17 bits per heavy atom. The van der Waals surface area contributed by atoms with E-state index in [0.29, 0.717) is 5.69 Å². The molecule has 4 heteroatoms. The summed E-state index contributed by atoms with van der Waals surface area (Å²) in [4.78, 5) is 8.95. The van der Waals surface area contributed by atoms with Crippen LogP contribution in [0.4, 0.5) is 5.69 Å². The topological polar surface area (TPSA) is 56.7 Å². The zero-order valence-electron chi connectivity index (χ0n) is 10.4. The fraction of sp³-hybridized carbons (Fsp3) is 0.143. The molecule has 0 radical (unpaired) electrons. The lowest BCUT2D eigenvalue weighted by Crippen LogP contribution is -1.95. The number of nitrogens with zero attached hydrogens (tertiary/aromatic N) is 3. The molecule has 3 aromatic rings. The second-order valence-corrected chi connectivity index (χ2v) is 4.46. The number of hydrogen-bond acceptors (Lipinski definition) is 3. The molecular weight excluding hydrogens is 224 g/mol. The van der Waals surface area contributed by atoms with Crippen LogP contribution in [0.5, 0.6) is 0 Å². The second-order valence-electron chi connectivity index (χ2n) is 4.46. The number of benzene rings is 1. The van der Waals surface area contributed by atoms with E-state index in [0.717, 1.165) is 22.6 Å². The standard InChI is InChI=1S/C14H14N4/c1-9-3-6-13-12(7-9)17-14(18(13)2)11-5-4-10(15)8-16-11/h3-8H,15H2,1-2H3. The van der Waals surface area contributed by atoms with Gasteiger partial charge in [-0.2, -0.15) is 0 Å². The van der Waals surface area contributed by atoms with Gasteiger partial charge in [-0.25, -0.2) is 4.98 Å². The van der Waals surface area contributed by atoms with Gasteiger partial charge in [0, 0.05) is 7.05 Å². The smallest absolute Gasteiger partial charge is 0.159 e. The number of nitrogen functional groups attached to an aromatic ring is 1. The highest BCUT2D eigenvalue weighted by Gasteiger charge is 2.10. The molecule has 0 fully saturated rings. The fourth-order valence-corrected chi connectivity index (χ4v) is 2.08. The van der Waals surface area contributed by atoms with Crippen LogP contribution in [0.2, 0.25) is 0 Å². The molecular formula is C14H14N4. The van der Waals surface area contributed by atoms with Crippen LogP contribution >= 0.6 is 0 Å². The van der Waals surface area contributed by atoms with Gasteiger partial charge in [-0.1, -0.05) is 6.07 Å². The molecule has 0 spiro atoms. The van der Waals surface area contributed by atoms with Crippen molar-refractivity contribution in [3.8, 4) is 11.5 Å². The number of hydrogen-bond donors (Lipinski definition) is 1. The van der Waals surface area contributed by atoms with Gasteiger partial charge < -0.3 is 10.3 Å². The molecule has 90 valence electrons. The van der Waals surface area contributed by atoms with E-state index in [1.54, 1.807) is 6.20 Å². The largest absolute Gasteiger partial charge is 0.397 e. The van der Waals surface area contributed by atoms with Crippen molar-refractivity contribution in [3.05, 3.63) is 42.1 Å². The van der Waals surface area contributed by atoms with Crippen molar-refractivity contribution >= 4 is 16.7 Å². The van der Waals surface area contributed by atoms with Gasteiger partial charge in [0.25, 0.3) is 0 Å². The summed E-state index contributed by atoms with van der Waals surface area (Å²) in [7, 11) is 2.00. The van der Waals surface area contributed by atoms with Gasteiger partial charge in [0.2, 0.25) is 0 Å². The summed E-state index contributed by atoms with van der Waals surface area (Å²) in [5, 5.41) is 0. The summed E-state index contributed by atoms with van der Waals surface area (Å²) in [5.74, 6) is 0.857. The molecule has 0 amide bonds. The highest BCUT2D eigenvalue weighted by Crippen LogP contribution is 2.23. The van der Waals surface area contributed by atoms with Crippen LogP contribution in [0, 0.1) is 6.92 Å². The average molecular weight is 238 g/mol. The average Bonchev–Trinajstić information content (AvgIpc) is 2.67. The SMILES string of the molecule is Cc1ccc2c(c1)nc(-c1ccc(N)cn1)n2C. The van der Waals surface area contributed by atoms with Crippen LogP contribution in [0.15, 0.2) is 36.5 Å². The molecule has 0 aliphatic rings. The summed E-state index contributed by atoms with van der Waals surface area (Å²) in [6.07, 6.45) is 1.65. The van der Waals surface area contributed by atoms with Gasteiger partial charge in [-0.15, -0.1) is 0 Å². The lowest BCUT2D eigenvalue weighted by molar-refractivity contribution is 0.950. The van der Waals surface area contributed by atoms with Crippen molar-refractivity contribution in [2.75, 3.05) is 5.73 Å². The lowest BCUT2D eigenvalue weighted by Gasteiger charge is -2.01. The molecule has 4 nitrogen and oxygen atoms in total. The van der Waals surface area contributed by atoms with Crippen molar-refractivity contribution < 1.29 is 0 Å². The molecule has 3 rings (SSSR count). The molecule has 0 aliphatic heterocycles. The third-order valence-corrected chi connectivity index (χ3v) is 3.05. The van der Waals surface area contributed by atoms with Gasteiger partial charge in [-0.3, -0.25) is 4.98 Å². The summed E-state index contributed by atoms with van der Waals surface area (Å²) in [6.45, 7) is 2.06. The Hall–Kier alpha value is -2.36. The molecule has 2 aromatic heterocycles. The third kappa shape index (κ3) is 1.62. The normalized spacial score (nSPS) is 11.0. The number of pyridine rings is 1. The van der Waals surface area contributed by atoms with E-state index < -0.39 is 0 Å². The van der Waals surface area contributed by atoms with E-state index in [2.05, 4.69) is 35.1 Å². The number of imidazole rings is 1. The van der Waals surface area contributed by atoms with E-state index in [1.165, 1.54) is 5.56 Å². The van der Waals surface area contributed by atoms with E-state index in [4.69, 9.17) is 5.73 Å². The van der Waals surface area contributed by atoms with Crippen LogP contribution in [0.3, 0.4) is 0 Å². The van der Waals surface area contributed by atoms with E-state index in [-0.39, 0.29) is 0 Å². The molecule has 0 atom stereocenters. The van der Waals surface area contributed by atoms with Crippen LogP contribution < -0.4 is 5.73 Å². The molecule has 0 unspecified atom stereocenters. The minimum absolute atomic E-state index is 0.661. The second kappa shape index (κ2) is 3.84. The monoisotopic (exact) mass is 238 g/mol. The number of rotatable bonds is 1. The zero-order chi connectivity index (χ0) is 12.7. The molecule has 2 heterocycles. The number of anilines is 1. The summed E-state index contributed by atoms with van der Waals surface area (Å²) in [5.41, 5.74) is 10.4. The van der Waals surface area contributed by atoms with Crippen molar-refractivity contribution in [1.29, 1.82) is 0 Å². The third-order valence-electron chi connectivity index (χ3n) is 3.05. The Morgan fingerprint density at radius 3 is 2.72 bits per heavy atom. The van der Waals surface area contributed by atoms with Crippen LogP contribution in [-0.4, -0.2) is 14.5 Å². The number of aromatic nitrogens is 3. The Labute approximate surface area is 105 Å². The molecule has 0 saturated heterocycles. The minimum atomic E-state index is 0.661. The maximum atomic E-state index is 5.65. The van der Waals surface area contributed by atoms with Gasteiger partial charge in [0.1, 0.15) is 5.69 Å². The number of nitrogens with two attached hydrogens (primary N) is 1. The van der Waals surface area contributed by atoms with Crippen LogP contribution in [-0.2, 0) is 7.05 Å². The highest BCUT2D eigenvalue weighted by atomic mass is 15.1. The Morgan fingerprint density at radius 2 is 2.00 bits per heavy atom. The van der Waals surface area contributed by atoms with Crippen LogP contribution in [0.25, 0.3) is 22.6 Å². The molecule has 0 bridgehead atoms. The zero-order valence-corrected chi connectivity index (χ0v) is 10.4. The predicted molar refractivity (Wildman–Crippen MR) is 73.1 cm³/mol. The van der Waals surface area contributed by atoms with E-state index >= 15 is 0 Å². The van der Waals surface area contributed by atoms with Crippen molar-refractivity contribution in [2.45, 2.75) is 6.92 Å². The van der Waals surface area contributed by atoms with Crippen molar-refractivity contribution in [2.24, 2.45) is 7.05 Å². The van der Waals surface area contributed by atoms with Gasteiger partial charge in [-0.05, 0) is 36.8 Å². The first kappa shape index (κ1) is 10.8. The molecule has 2 N–H and O–H groups in total. The molecule has 1 aromatic carbocycles. The van der Waals surface area contributed by atoms with Crippen molar-refractivity contribution in [3.63, 3.8) is 0 Å². The van der Waals surface area contributed by atoms with Gasteiger partial charge in [0.05, 0.1) is 22.9 Å². The summed E-state index contributed by atoms with van der Waals surface area (Å²) < 4.78 is 2.05. The van der Waals surface area contributed by atoms with Gasteiger partial charge in [0.15, 0.2) is 5.82 Å². The maximum Gasteiger partial charge on any atom is 0.159 e. The first-order valence-corrected chi connectivity index (χ1v) is 5.80. The Bertz CT molecular complexity index is 710. The molecule has 0 aliphatic carbocycles. The van der Waals surface area contributed by atoms with E-state index in [1.807, 2.05) is 23.7 Å².